The van der Waals surface area contributed by atoms with E-state index >= 15 is 0 Å². The summed E-state index contributed by atoms with van der Waals surface area (Å²) in [6.45, 7) is 0. The van der Waals surface area contributed by atoms with Gasteiger partial charge in [-0.15, -0.1) is 0 Å². The minimum Gasteiger partial charge on any atom is -0.466 e. The molecule has 0 aromatic carbocycles. The van der Waals surface area contributed by atoms with Crippen LogP contribution in [0.1, 0.15) is 18.2 Å². The molecule has 7 heteroatoms. The highest BCUT2D eigenvalue weighted by molar-refractivity contribution is 9.10. The normalized spacial score (nSPS) is 25.8. The summed E-state index contributed by atoms with van der Waals surface area (Å²) in [5.74, 6) is 6.49. The highest BCUT2D eigenvalue weighted by atomic mass is 79.9. The van der Waals surface area contributed by atoms with Crippen LogP contribution in [0.5, 0.6) is 0 Å². The van der Waals surface area contributed by atoms with Crippen LogP contribution in [0.25, 0.3) is 0 Å². The van der Waals surface area contributed by atoms with E-state index in [1.807, 2.05) is 0 Å². The van der Waals surface area contributed by atoms with Crippen molar-refractivity contribution in [2.45, 2.75) is 12.5 Å². The Kier molecular flexibility index (Phi) is 3.39. The summed E-state index contributed by atoms with van der Waals surface area (Å²) in [5, 5.41) is 0. The van der Waals surface area contributed by atoms with Gasteiger partial charge in [-0.3, -0.25) is 5.84 Å². The molecule has 2 heterocycles. The molecule has 1 aromatic heterocycles. The van der Waals surface area contributed by atoms with Crippen molar-refractivity contribution in [2.24, 2.45) is 11.8 Å². The van der Waals surface area contributed by atoms with Crippen LogP contribution in [0.3, 0.4) is 0 Å². The average Bonchev–Trinajstić information content (AvgIpc) is 2.76. The Labute approximate surface area is 102 Å². The molecule has 0 aliphatic carbocycles. The molecule has 0 bridgehead atoms. The van der Waals surface area contributed by atoms with Gasteiger partial charge in [0.25, 0.3) is 0 Å². The molecule has 1 fully saturated rings. The molecule has 2 atom stereocenters. The highest BCUT2D eigenvalue weighted by Crippen LogP contribution is 2.34. The SMILES string of the molecule is NNC(c1occc1Br)C1CCS(=O)(=O)C1. The molecule has 1 saturated heterocycles. The van der Waals surface area contributed by atoms with Crippen molar-refractivity contribution >= 4 is 25.8 Å². The Morgan fingerprint density at radius 1 is 1.62 bits per heavy atom. The molecule has 0 spiro atoms. The van der Waals surface area contributed by atoms with Gasteiger partial charge in [-0.25, -0.2) is 13.8 Å². The third kappa shape index (κ3) is 2.32. The van der Waals surface area contributed by atoms with Crippen molar-refractivity contribution in [1.29, 1.82) is 0 Å². The van der Waals surface area contributed by atoms with E-state index in [4.69, 9.17) is 10.3 Å². The van der Waals surface area contributed by atoms with Crippen molar-refractivity contribution in [3.05, 3.63) is 22.6 Å². The van der Waals surface area contributed by atoms with Crippen LogP contribution in [0, 0.1) is 5.92 Å². The Bertz CT molecular complexity index is 471. The lowest BCUT2D eigenvalue weighted by molar-refractivity contribution is 0.332. The van der Waals surface area contributed by atoms with E-state index in [0.717, 1.165) is 4.47 Å². The van der Waals surface area contributed by atoms with E-state index in [1.165, 1.54) is 0 Å². The molecular weight excluding hydrogens is 296 g/mol. The van der Waals surface area contributed by atoms with Gasteiger partial charge in [0.05, 0.1) is 28.3 Å². The van der Waals surface area contributed by atoms with Crippen LogP contribution in [-0.2, 0) is 9.84 Å². The molecule has 2 unspecified atom stereocenters. The summed E-state index contributed by atoms with van der Waals surface area (Å²) in [6.07, 6.45) is 2.16. The average molecular weight is 309 g/mol. The first-order chi connectivity index (χ1) is 7.53. The molecule has 16 heavy (non-hydrogen) atoms. The maximum absolute atomic E-state index is 11.4. The number of hydrazine groups is 1. The second kappa shape index (κ2) is 4.48. The molecule has 2 rings (SSSR count). The van der Waals surface area contributed by atoms with Gasteiger partial charge in [-0.05, 0) is 34.3 Å². The van der Waals surface area contributed by atoms with Crippen molar-refractivity contribution in [1.82, 2.24) is 5.43 Å². The third-order valence-electron chi connectivity index (χ3n) is 2.85. The van der Waals surface area contributed by atoms with Gasteiger partial charge in [0.1, 0.15) is 5.76 Å². The number of furan rings is 1. The number of nitrogens with two attached hydrogens (primary N) is 1. The quantitative estimate of drug-likeness (QED) is 0.642. The molecule has 0 amide bonds. The van der Waals surface area contributed by atoms with Crippen molar-refractivity contribution in [3.63, 3.8) is 0 Å². The largest absolute Gasteiger partial charge is 0.466 e. The lowest BCUT2D eigenvalue weighted by Crippen LogP contribution is -2.34. The summed E-state index contributed by atoms with van der Waals surface area (Å²) in [5.41, 5.74) is 2.64. The number of halogens is 1. The van der Waals surface area contributed by atoms with Crippen molar-refractivity contribution in [3.8, 4) is 0 Å². The number of nitrogens with one attached hydrogen (secondary N) is 1. The highest BCUT2D eigenvalue weighted by Gasteiger charge is 2.36. The Balaban J connectivity index is 2.22. The smallest absolute Gasteiger partial charge is 0.150 e. The van der Waals surface area contributed by atoms with Crippen LogP contribution in [0.2, 0.25) is 0 Å². The molecule has 1 aromatic rings. The van der Waals surface area contributed by atoms with Gasteiger partial charge in [-0.1, -0.05) is 0 Å². The number of hydrogen-bond donors (Lipinski definition) is 2. The van der Waals surface area contributed by atoms with Crippen LogP contribution in [0.4, 0.5) is 0 Å². The second-order valence-electron chi connectivity index (χ2n) is 3.94. The first kappa shape index (κ1) is 12.1. The number of rotatable bonds is 3. The monoisotopic (exact) mass is 308 g/mol. The van der Waals surface area contributed by atoms with Crippen LogP contribution >= 0.6 is 15.9 Å². The Morgan fingerprint density at radius 3 is 2.81 bits per heavy atom. The lowest BCUT2D eigenvalue weighted by atomic mass is 9.98. The summed E-state index contributed by atoms with van der Waals surface area (Å²) >= 11 is 3.34. The van der Waals surface area contributed by atoms with Gasteiger partial charge in [0.15, 0.2) is 9.84 Å². The minimum absolute atomic E-state index is 0.0301. The fourth-order valence-electron chi connectivity index (χ4n) is 2.04. The number of hydrogen-bond acceptors (Lipinski definition) is 5. The lowest BCUT2D eigenvalue weighted by Gasteiger charge is -2.19. The standard InChI is InChI=1S/C9H13BrN2O3S/c10-7-1-3-15-9(7)8(12-11)6-2-4-16(13,14)5-6/h1,3,6,8,12H,2,4-5,11H2. The topological polar surface area (TPSA) is 85.3 Å². The maximum atomic E-state index is 11.4. The first-order valence-corrected chi connectivity index (χ1v) is 7.54. The molecule has 0 radical (unpaired) electrons. The fourth-order valence-corrected chi connectivity index (χ4v) is 4.33. The summed E-state index contributed by atoms with van der Waals surface area (Å²) in [7, 11) is -2.91. The van der Waals surface area contributed by atoms with Crippen LogP contribution in [-0.4, -0.2) is 19.9 Å². The Hall–Kier alpha value is -0.370. The van der Waals surface area contributed by atoms with Gasteiger partial charge >= 0.3 is 0 Å². The molecule has 0 saturated carbocycles. The van der Waals surface area contributed by atoms with E-state index in [2.05, 4.69) is 21.4 Å². The van der Waals surface area contributed by atoms with E-state index in [1.54, 1.807) is 12.3 Å². The van der Waals surface area contributed by atoms with Gasteiger partial charge in [0.2, 0.25) is 0 Å². The van der Waals surface area contributed by atoms with Gasteiger partial charge in [-0.2, -0.15) is 0 Å². The molecular formula is C9H13BrN2O3S. The zero-order valence-electron chi connectivity index (χ0n) is 8.52. The zero-order chi connectivity index (χ0) is 11.8. The first-order valence-electron chi connectivity index (χ1n) is 4.93. The van der Waals surface area contributed by atoms with E-state index < -0.39 is 9.84 Å². The predicted octanol–water partition coefficient (Wildman–Crippen LogP) is 0.981. The molecule has 3 N–H and O–H groups in total. The third-order valence-corrected chi connectivity index (χ3v) is 5.29. The minimum atomic E-state index is -2.91. The summed E-state index contributed by atoms with van der Waals surface area (Å²) in [6, 6.07) is 1.50. The fraction of sp³-hybridized carbons (Fsp3) is 0.556. The van der Waals surface area contributed by atoms with Gasteiger partial charge in [0, 0.05) is 0 Å². The molecule has 90 valence electrons. The van der Waals surface area contributed by atoms with Crippen LogP contribution in [0.15, 0.2) is 21.2 Å². The van der Waals surface area contributed by atoms with Crippen molar-refractivity contribution in [2.75, 3.05) is 11.5 Å². The van der Waals surface area contributed by atoms with Crippen molar-refractivity contribution < 1.29 is 12.8 Å². The second-order valence-corrected chi connectivity index (χ2v) is 7.02. The predicted molar refractivity (Wildman–Crippen MR) is 63.2 cm³/mol. The van der Waals surface area contributed by atoms with E-state index in [-0.39, 0.29) is 23.5 Å². The van der Waals surface area contributed by atoms with E-state index in [0.29, 0.717) is 12.2 Å². The zero-order valence-corrected chi connectivity index (χ0v) is 10.9. The molecule has 5 nitrogen and oxygen atoms in total. The van der Waals surface area contributed by atoms with E-state index in [9.17, 15) is 8.42 Å². The Morgan fingerprint density at radius 2 is 2.38 bits per heavy atom. The summed E-state index contributed by atoms with van der Waals surface area (Å²) < 4.78 is 28.9. The molecule has 1 aliphatic heterocycles. The van der Waals surface area contributed by atoms with Crippen LogP contribution < -0.4 is 11.3 Å². The molecule has 1 aliphatic rings. The van der Waals surface area contributed by atoms with Gasteiger partial charge < -0.3 is 4.42 Å². The maximum Gasteiger partial charge on any atom is 0.150 e. The summed E-state index contributed by atoms with van der Waals surface area (Å²) in [4.78, 5) is 0. The number of sulfone groups is 1.